The molecule has 224 valence electrons. The molecule has 2 aromatic carbocycles. The molecule has 0 saturated carbocycles. The number of esters is 1. The molecule has 0 radical (unpaired) electrons. The number of piperidine rings is 1. The van der Waals surface area contributed by atoms with Crippen molar-refractivity contribution in [2.45, 2.75) is 37.8 Å². The number of cyclic esters (lactones) is 1. The number of anilines is 2. The van der Waals surface area contributed by atoms with Crippen LogP contribution >= 0.6 is 11.6 Å². The summed E-state index contributed by atoms with van der Waals surface area (Å²) in [5.74, 6) is 1.12. The molecule has 1 atom stereocenters. The van der Waals surface area contributed by atoms with Crippen LogP contribution in [0, 0.1) is 5.82 Å². The summed E-state index contributed by atoms with van der Waals surface area (Å²) in [4.78, 5) is 25.2. The average Bonchev–Trinajstić information content (AvgIpc) is 3.52. The van der Waals surface area contributed by atoms with Gasteiger partial charge >= 0.3 is 5.97 Å². The summed E-state index contributed by atoms with van der Waals surface area (Å²) in [6.45, 7) is 6.01. The van der Waals surface area contributed by atoms with Gasteiger partial charge in [0.05, 0.1) is 23.2 Å². The lowest BCUT2D eigenvalue weighted by Crippen LogP contribution is -2.50. The fraction of sp³-hybridized carbons (Fsp3) is 0.500. The van der Waals surface area contributed by atoms with E-state index < -0.39 is 5.82 Å². The van der Waals surface area contributed by atoms with E-state index >= 15 is 0 Å². The molecule has 1 aromatic heterocycles. The molecule has 42 heavy (non-hydrogen) atoms. The van der Waals surface area contributed by atoms with E-state index in [1.54, 1.807) is 6.07 Å². The Balaban J connectivity index is 1.14. The molecule has 1 N–H and O–H groups in total. The molecule has 6 rings (SSSR count). The molecular formula is C30H35ClFN5O5. The smallest absolute Gasteiger partial charge is 0.320 e. The highest BCUT2D eigenvalue weighted by Crippen LogP contribution is 2.36. The fourth-order valence-electron chi connectivity index (χ4n) is 5.73. The fourth-order valence-corrected chi connectivity index (χ4v) is 5.91. The minimum atomic E-state index is -0.487. The normalized spacial score (nSPS) is 20.5. The molecule has 0 spiro atoms. The molecular weight excluding hydrogens is 565 g/mol. The number of ether oxygens (including phenoxy) is 4. The summed E-state index contributed by atoms with van der Waals surface area (Å²) >= 11 is 5.99. The van der Waals surface area contributed by atoms with E-state index in [1.807, 2.05) is 12.1 Å². The van der Waals surface area contributed by atoms with Gasteiger partial charge in [0.25, 0.3) is 0 Å². The van der Waals surface area contributed by atoms with Crippen molar-refractivity contribution in [1.82, 2.24) is 19.8 Å². The van der Waals surface area contributed by atoms with Crippen LogP contribution in [0.5, 0.6) is 11.5 Å². The molecule has 3 aromatic rings. The Morgan fingerprint density at radius 1 is 1.05 bits per heavy atom. The molecule has 12 heteroatoms. The van der Waals surface area contributed by atoms with Gasteiger partial charge in [-0.3, -0.25) is 14.6 Å². The highest BCUT2D eigenvalue weighted by Gasteiger charge is 2.28. The van der Waals surface area contributed by atoms with Crippen LogP contribution in [0.15, 0.2) is 36.7 Å². The molecule has 1 unspecified atom stereocenters. The predicted octanol–water partition coefficient (Wildman–Crippen LogP) is 4.43. The first-order chi connectivity index (χ1) is 20.5. The number of nitrogens with one attached hydrogen (secondary N) is 1. The highest BCUT2D eigenvalue weighted by molar-refractivity contribution is 6.31. The lowest BCUT2D eigenvalue weighted by Gasteiger charge is -2.39. The van der Waals surface area contributed by atoms with Crippen molar-refractivity contribution in [3.8, 4) is 11.5 Å². The average molecular weight is 600 g/mol. The van der Waals surface area contributed by atoms with Crippen LogP contribution in [0.3, 0.4) is 0 Å². The lowest BCUT2D eigenvalue weighted by atomic mass is 10.0. The van der Waals surface area contributed by atoms with Gasteiger partial charge in [-0.1, -0.05) is 11.6 Å². The molecule has 3 fully saturated rings. The summed E-state index contributed by atoms with van der Waals surface area (Å²) in [7, 11) is 0. The largest absolute Gasteiger partial charge is 0.488 e. The molecule has 4 heterocycles. The van der Waals surface area contributed by atoms with Gasteiger partial charge in [0.1, 0.15) is 37.8 Å². The first kappa shape index (κ1) is 28.9. The number of likely N-dealkylation sites (tertiary alicyclic amines) is 1. The van der Waals surface area contributed by atoms with Gasteiger partial charge in [0.15, 0.2) is 11.5 Å². The highest BCUT2D eigenvalue weighted by atomic mass is 35.5. The van der Waals surface area contributed by atoms with Gasteiger partial charge in [0, 0.05) is 42.9 Å². The lowest BCUT2D eigenvalue weighted by molar-refractivity contribution is -0.152. The summed E-state index contributed by atoms with van der Waals surface area (Å²) in [5, 5.41) is 3.98. The molecule has 10 nitrogen and oxygen atoms in total. The minimum Gasteiger partial charge on any atom is -0.488 e. The number of morpholine rings is 1. The van der Waals surface area contributed by atoms with Crippen molar-refractivity contribution in [3.63, 3.8) is 0 Å². The quantitative estimate of drug-likeness (QED) is 0.337. The third-order valence-corrected chi connectivity index (χ3v) is 8.33. The zero-order valence-electron chi connectivity index (χ0n) is 23.4. The number of halogens is 2. The molecule has 3 saturated heterocycles. The topological polar surface area (TPSA) is 98.3 Å². The van der Waals surface area contributed by atoms with Crippen molar-refractivity contribution >= 4 is 40.0 Å². The maximum atomic E-state index is 13.7. The van der Waals surface area contributed by atoms with E-state index in [9.17, 15) is 9.18 Å². The summed E-state index contributed by atoms with van der Waals surface area (Å²) in [6, 6.07) is 8.58. The van der Waals surface area contributed by atoms with Gasteiger partial charge in [-0.25, -0.2) is 14.4 Å². The Labute approximate surface area is 249 Å². The standard InChI is InChI=1S/C30H35ClFN5O5/c31-24-14-20(3-4-25(24)32)35-30-23-15-27(28(16-26(23)33-19-34-30)42-18-22-2-1-11-39-22)40-12-9-36-7-5-21(6-8-36)37-10-13-41-29(38)17-37/h3-4,14-16,19,21-22H,1-2,5-13,17-18H2,(H,33,34,35). The van der Waals surface area contributed by atoms with Crippen LogP contribution in [0.2, 0.25) is 5.02 Å². The predicted molar refractivity (Wildman–Crippen MR) is 156 cm³/mol. The summed E-state index contributed by atoms with van der Waals surface area (Å²) in [6.07, 6.45) is 5.55. The number of benzene rings is 2. The van der Waals surface area contributed by atoms with Crippen molar-refractivity contribution in [2.24, 2.45) is 0 Å². The van der Waals surface area contributed by atoms with Crippen LogP contribution in [-0.2, 0) is 14.3 Å². The van der Waals surface area contributed by atoms with Crippen LogP contribution in [0.4, 0.5) is 15.9 Å². The van der Waals surface area contributed by atoms with Crippen molar-refractivity contribution in [2.75, 3.05) is 64.5 Å². The number of hydrogen-bond acceptors (Lipinski definition) is 10. The van der Waals surface area contributed by atoms with E-state index in [4.69, 9.17) is 30.5 Å². The molecule has 0 amide bonds. The maximum absolute atomic E-state index is 13.7. The van der Waals surface area contributed by atoms with Crippen molar-refractivity contribution in [3.05, 3.63) is 47.5 Å². The number of nitrogens with zero attached hydrogens (tertiary/aromatic N) is 4. The van der Waals surface area contributed by atoms with E-state index in [1.165, 1.54) is 18.5 Å². The third kappa shape index (κ3) is 7.03. The van der Waals surface area contributed by atoms with Crippen LogP contribution in [-0.4, -0.2) is 97.0 Å². The SMILES string of the molecule is O=C1CN(C2CCN(CCOc3cc4c(Nc5ccc(F)c(Cl)c5)ncnc4cc3OCC3CCCO3)CC2)CCO1. The molecule has 3 aliphatic rings. The molecule has 0 aliphatic carbocycles. The van der Waals surface area contributed by atoms with Gasteiger partial charge in [-0.15, -0.1) is 0 Å². The zero-order chi connectivity index (χ0) is 28.9. The Morgan fingerprint density at radius 2 is 1.90 bits per heavy atom. The number of aromatic nitrogens is 2. The first-order valence-electron chi connectivity index (χ1n) is 14.5. The Bertz CT molecular complexity index is 1400. The second-order valence-electron chi connectivity index (χ2n) is 10.9. The van der Waals surface area contributed by atoms with E-state index in [0.717, 1.165) is 63.9 Å². The second kappa shape index (κ2) is 13.4. The number of rotatable bonds is 10. The Hall–Kier alpha value is -3.25. The molecule has 3 aliphatic heterocycles. The van der Waals surface area contributed by atoms with Gasteiger partial charge < -0.3 is 24.3 Å². The number of fused-ring (bicyclic) bond motifs is 1. The van der Waals surface area contributed by atoms with Crippen LogP contribution in [0.25, 0.3) is 10.9 Å². The summed E-state index contributed by atoms with van der Waals surface area (Å²) < 4.78 is 37.1. The van der Waals surface area contributed by atoms with Crippen LogP contribution in [0.1, 0.15) is 25.7 Å². The zero-order valence-corrected chi connectivity index (χ0v) is 24.2. The third-order valence-electron chi connectivity index (χ3n) is 8.04. The first-order valence-corrected chi connectivity index (χ1v) is 14.9. The van der Waals surface area contributed by atoms with E-state index in [0.29, 0.717) is 60.9 Å². The summed E-state index contributed by atoms with van der Waals surface area (Å²) in [5.41, 5.74) is 1.28. The number of carbonyl (C=O) groups excluding carboxylic acids is 1. The van der Waals surface area contributed by atoms with Crippen LogP contribution < -0.4 is 14.8 Å². The number of hydrogen-bond donors (Lipinski definition) is 1. The molecule has 0 bridgehead atoms. The minimum absolute atomic E-state index is 0.0228. The second-order valence-corrected chi connectivity index (χ2v) is 11.3. The van der Waals surface area contributed by atoms with E-state index in [-0.39, 0.29) is 17.1 Å². The Morgan fingerprint density at radius 3 is 2.69 bits per heavy atom. The van der Waals surface area contributed by atoms with E-state index in [2.05, 4.69) is 25.1 Å². The number of carbonyl (C=O) groups is 1. The van der Waals surface area contributed by atoms with Gasteiger partial charge in [-0.2, -0.15) is 0 Å². The maximum Gasteiger partial charge on any atom is 0.320 e. The monoisotopic (exact) mass is 599 g/mol. The van der Waals surface area contributed by atoms with Gasteiger partial charge in [0.2, 0.25) is 0 Å². The van der Waals surface area contributed by atoms with Crippen molar-refractivity contribution in [1.29, 1.82) is 0 Å². The van der Waals surface area contributed by atoms with Gasteiger partial charge in [-0.05, 0) is 63.0 Å². The van der Waals surface area contributed by atoms with Crippen molar-refractivity contribution < 1.29 is 28.1 Å². The Kier molecular flexibility index (Phi) is 9.18.